The van der Waals surface area contributed by atoms with Crippen molar-refractivity contribution in [1.29, 1.82) is 0 Å². The topological polar surface area (TPSA) is 0 Å². The van der Waals surface area contributed by atoms with Gasteiger partial charge in [0.15, 0.2) is 0 Å². The van der Waals surface area contributed by atoms with Crippen LogP contribution in [0.15, 0.2) is 28.7 Å². The number of hydrogen-bond donors (Lipinski definition) is 0. The molecule has 0 heterocycles. The van der Waals surface area contributed by atoms with Crippen molar-refractivity contribution in [3.05, 3.63) is 34.3 Å². The Kier molecular flexibility index (Phi) is 2.60. The predicted octanol–water partition coefficient (Wildman–Crippen LogP) is 4.14. The highest BCUT2D eigenvalue weighted by Gasteiger charge is 2.47. The van der Waals surface area contributed by atoms with Gasteiger partial charge in [-0.3, -0.25) is 0 Å². The molecular weight excluding hydrogens is 250 g/mol. The predicted molar refractivity (Wildman–Crippen MR) is 55.7 cm³/mol. The molecule has 0 aliphatic heterocycles. The maximum Gasteiger partial charge on any atom is 0.248 e. The van der Waals surface area contributed by atoms with Gasteiger partial charge in [-0.25, -0.2) is 8.78 Å². The minimum Gasteiger partial charge on any atom is -0.210 e. The third kappa shape index (κ3) is 1.38. The Morgan fingerprint density at radius 2 is 1.86 bits per heavy atom. The van der Waals surface area contributed by atoms with Crippen molar-refractivity contribution in [3.63, 3.8) is 0 Å². The first-order valence-corrected chi connectivity index (χ1v) is 5.49. The second-order valence-corrected chi connectivity index (χ2v) is 4.64. The van der Waals surface area contributed by atoms with Crippen LogP contribution in [-0.2, 0) is 5.41 Å². The molecule has 0 nitrogen and oxygen atoms in total. The van der Waals surface area contributed by atoms with Crippen molar-refractivity contribution in [3.8, 4) is 0 Å². The first-order chi connectivity index (χ1) is 6.67. The first kappa shape index (κ1) is 10.1. The molecule has 2 rings (SSSR count). The minimum atomic E-state index is -2.25. The van der Waals surface area contributed by atoms with Crippen molar-refractivity contribution in [1.82, 2.24) is 0 Å². The van der Waals surface area contributed by atoms with Crippen molar-refractivity contribution in [2.24, 2.45) is 0 Å². The molecule has 1 aromatic rings. The summed E-state index contributed by atoms with van der Waals surface area (Å²) >= 11 is 3.34. The molecule has 0 aromatic heterocycles. The highest BCUT2D eigenvalue weighted by Crippen LogP contribution is 2.50. The van der Waals surface area contributed by atoms with E-state index < -0.39 is 11.8 Å². The van der Waals surface area contributed by atoms with E-state index in [0.29, 0.717) is 12.8 Å². The molecule has 0 unspecified atom stereocenters. The van der Waals surface area contributed by atoms with Gasteiger partial charge >= 0.3 is 0 Å². The molecule has 0 saturated heterocycles. The zero-order valence-electron chi connectivity index (χ0n) is 7.64. The van der Waals surface area contributed by atoms with E-state index in [0.717, 1.165) is 16.5 Å². The Morgan fingerprint density at radius 1 is 1.21 bits per heavy atom. The van der Waals surface area contributed by atoms with E-state index in [4.69, 9.17) is 0 Å². The van der Waals surface area contributed by atoms with Crippen molar-refractivity contribution >= 4 is 15.9 Å². The van der Waals surface area contributed by atoms with Crippen LogP contribution in [0.4, 0.5) is 8.78 Å². The molecule has 14 heavy (non-hydrogen) atoms. The molecule has 3 heteroatoms. The van der Waals surface area contributed by atoms with Crippen LogP contribution in [0.2, 0.25) is 0 Å². The molecule has 1 aliphatic carbocycles. The third-order valence-corrected chi connectivity index (χ3v) is 3.77. The van der Waals surface area contributed by atoms with E-state index in [9.17, 15) is 8.78 Å². The maximum atomic E-state index is 13.0. The van der Waals surface area contributed by atoms with Gasteiger partial charge in [0, 0.05) is 4.47 Å². The highest BCUT2D eigenvalue weighted by atomic mass is 79.9. The molecule has 1 aliphatic rings. The summed E-state index contributed by atoms with van der Waals surface area (Å²) in [6, 6.07) is 7.31. The molecule has 0 spiro atoms. The van der Waals surface area contributed by atoms with Crippen LogP contribution in [0.5, 0.6) is 0 Å². The Bertz CT molecular complexity index is 332. The van der Waals surface area contributed by atoms with E-state index in [1.54, 1.807) is 6.07 Å². The fourth-order valence-corrected chi connectivity index (χ4v) is 2.71. The summed E-state index contributed by atoms with van der Waals surface area (Å²) in [5.74, 6) is 0. The quantitative estimate of drug-likeness (QED) is 0.750. The average Bonchev–Trinajstić information content (AvgIpc) is 2.05. The second kappa shape index (κ2) is 3.61. The van der Waals surface area contributed by atoms with Crippen LogP contribution in [0.1, 0.15) is 24.8 Å². The van der Waals surface area contributed by atoms with Crippen LogP contribution in [-0.4, -0.2) is 6.43 Å². The highest BCUT2D eigenvalue weighted by molar-refractivity contribution is 9.10. The zero-order chi connectivity index (χ0) is 10.2. The molecule has 0 N–H and O–H groups in total. The van der Waals surface area contributed by atoms with E-state index in [2.05, 4.69) is 15.9 Å². The lowest BCUT2D eigenvalue weighted by atomic mass is 9.65. The fourth-order valence-electron chi connectivity index (χ4n) is 2.03. The average molecular weight is 261 g/mol. The largest absolute Gasteiger partial charge is 0.248 e. The second-order valence-electron chi connectivity index (χ2n) is 3.79. The van der Waals surface area contributed by atoms with Crippen LogP contribution in [0.3, 0.4) is 0 Å². The number of rotatable bonds is 2. The molecular formula is C11H11BrF2. The summed E-state index contributed by atoms with van der Waals surface area (Å²) in [6.07, 6.45) is -0.137. The normalized spacial score (nSPS) is 19.4. The third-order valence-electron chi connectivity index (χ3n) is 3.07. The van der Waals surface area contributed by atoms with Gasteiger partial charge in [0.05, 0.1) is 5.41 Å². The number of halogens is 3. The summed E-state index contributed by atoms with van der Waals surface area (Å²) in [6.45, 7) is 0. The van der Waals surface area contributed by atoms with Gasteiger partial charge in [-0.05, 0) is 24.5 Å². The molecule has 0 radical (unpaired) electrons. The molecule has 1 saturated carbocycles. The van der Waals surface area contributed by atoms with Gasteiger partial charge in [0.25, 0.3) is 0 Å². The lowest BCUT2D eigenvalue weighted by Crippen LogP contribution is -2.41. The summed E-state index contributed by atoms with van der Waals surface area (Å²) in [5.41, 5.74) is -0.110. The summed E-state index contributed by atoms with van der Waals surface area (Å²) in [5, 5.41) is 0. The van der Waals surface area contributed by atoms with Gasteiger partial charge < -0.3 is 0 Å². The van der Waals surface area contributed by atoms with Gasteiger partial charge in [-0.2, -0.15) is 0 Å². The van der Waals surface area contributed by atoms with E-state index >= 15 is 0 Å². The van der Waals surface area contributed by atoms with E-state index in [-0.39, 0.29) is 0 Å². The molecule has 0 amide bonds. The van der Waals surface area contributed by atoms with Crippen LogP contribution >= 0.6 is 15.9 Å². The monoisotopic (exact) mass is 260 g/mol. The number of alkyl halides is 2. The smallest absolute Gasteiger partial charge is 0.210 e. The van der Waals surface area contributed by atoms with Crippen LogP contribution < -0.4 is 0 Å². The van der Waals surface area contributed by atoms with Gasteiger partial charge in [0.1, 0.15) is 0 Å². The lowest BCUT2D eigenvalue weighted by Gasteiger charge is -2.42. The molecule has 1 aromatic carbocycles. The summed E-state index contributed by atoms with van der Waals surface area (Å²) < 4.78 is 26.8. The van der Waals surface area contributed by atoms with Crippen molar-refractivity contribution in [2.45, 2.75) is 31.1 Å². The van der Waals surface area contributed by atoms with Crippen LogP contribution in [0, 0.1) is 0 Å². The molecule has 1 fully saturated rings. The van der Waals surface area contributed by atoms with Gasteiger partial charge in [-0.15, -0.1) is 0 Å². The number of benzene rings is 1. The van der Waals surface area contributed by atoms with Crippen LogP contribution in [0.25, 0.3) is 0 Å². The zero-order valence-corrected chi connectivity index (χ0v) is 9.23. The maximum absolute atomic E-state index is 13.0. The molecule has 0 bridgehead atoms. The van der Waals surface area contributed by atoms with Crippen molar-refractivity contribution in [2.75, 3.05) is 0 Å². The SMILES string of the molecule is FC(F)C1(c2ccccc2Br)CCC1. The van der Waals surface area contributed by atoms with Gasteiger partial charge in [0.2, 0.25) is 6.43 Å². The van der Waals surface area contributed by atoms with E-state index in [1.165, 1.54) is 0 Å². The molecule has 76 valence electrons. The summed E-state index contributed by atoms with van der Waals surface area (Å²) in [4.78, 5) is 0. The Morgan fingerprint density at radius 3 is 2.29 bits per heavy atom. The Balaban J connectivity index is 2.42. The van der Waals surface area contributed by atoms with Gasteiger partial charge in [-0.1, -0.05) is 40.5 Å². The first-order valence-electron chi connectivity index (χ1n) is 4.70. The Hall–Kier alpha value is -0.440. The lowest BCUT2D eigenvalue weighted by molar-refractivity contribution is 0.000399. The minimum absolute atomic E-state index is 0.604. The van der Waals surface area contributed by atoms with Crippen molar-refractivity contribution < 1.29 is 8.78 Å². The number of hydrogen-bond acceptors (Lipinski definition) is 0. The molecule has 0 atom stereocenters. The van der Waals surface area contributed by atoms with E-state index in [1.807, 2.05) is 18.2 Å². The standard InChI is InChI=1S/C11H11BrF2/c12-9-5-2-1-4-8(9)11(10(13)14)6-3-7-11/h1-2,4-5,10H,3,6-7H2. The Labute approximate surface area is 90.4 Å². The fraction of sp³-hybridized carbons (Fsp3) is 0.455. The summed E-state index contributed by atoms with van der Waals surface area (Å²) in [7, 11) is 0.